The molecule has 0 aliphatic carbocycles. The number of hydrogen-bond acceptors (Lipinski definition) is 7. The van der Waals surface area contributed by atoms with Crippen molar-refractivity contribution in [3.63, 3.8) is 0 Å². The Morgan fingerprint density at radius 1 is 1.37 bits per heavy atom. The number of hydrogen-bond donors (Lipinski definition) is 3. The number of carbonyl (C=O) groups excluding carboxylic acids is 2. The quantitative estimate of drug-likeness (QED) is 0.474. The van der Waals surface area contributed by atoms with Gasteiger partial charge in [0.1, 0.15) is 5.60 Å². The van der Waals surface area contributed by atoms with Crippen LogP contribution in [0.5, 0.6) is 0 Å². The molecule has 1 aromatic rings. The minimum atomic E-state index is -0.361. The highest BCUT2D eigenvalue weighted by atomic mass is 79.9. The van der Waals surface area contributed by atoms with Crippen molar-refractivity contribution in [2.75, 3.05) is 25.5 Å². The molecule has 0 amide bonds. The van der Waals surface area contributed by atoms with Gasteiger partial charge in [0.15, 0.2) is 0 Å². The summed E-state index contributed by atoms with van der Waals surface area (Å²) in [5.41, 5.74) is 7.74. The van der Waals surface area contributed by atoms with Gasteiger partial charge in [-0.2, -0.15) is 0 Å². The maximum Gasteiger partial charge on any atom is 0.338 e. The molecule has 1 saturated heterocycles. The lowest BCUT2D eigenvalue weighted by Crippen LogP contribution is -2.35. The van der Waals surface area contributed by atoms with Crippen LogP contribution in [-0.2, 0) is 20.8 Å². The molecule has 1 aromatic carbocycles. The summed E-state index contributed by atoms with van der Waals surface area (Å²) in [6.45, 7) is 8.23. The second-order valence-electron chi connectivity index (χ2n) is 7.17. The first-order valence-corrected chi connectivity index (χ1v) is 9.70. The minimum Gasteiger partial charge on any atom is -0.465 e. The normalized spacial score (nSPS) is 14.6. The van der Waals surface area contributed by atoms with Crippen molar-refractivity contribution in [3.8, 4) is 0 Å². The van der Waals surface area contributed by atoms with Crippen molar-refractivity contribution in [3.05, 3.63) is 27.7 Å². The predicted molar refractivity (Wildman–Crippen MR) is 110 cm³/mol. The smallest absolute Gasteiger partial charge is 0.338 e. The molecule has 0 aromatic heterocycles. The zero-order chi connectivity index (χ0) is 20.4. The summed E-state index contributed by atoms with van der Waals surface area (Å²) in [6, 6.07) is 4.12. The van der Waals surface area contributed by atoms with Crippen LogP contribution in [0, 0.1) is 0 Å². The molecule has 0 bridgehead atoms. The third-order valence-corrected chi connectivity index (χ3v) is 4.38. The van der Waals surface area contributed by atoms with E-state index in [1.807, 2.05) is 26.8 Å². The number of piperidine rings is 1. The van der Waals surface area contributed by atoms with Gasteiger partial charge >= 0.3 is 5.97 Å². The number of methoxy groups -OCH3 is 1. The zero-order valence-electron chi connectivity index (χ0n) is 16.4. The van der Waals surface area contributed by atoms with Crippen molar-refractivity contribution in [2.24, 2.45) is 5.73 Å². The molecule has 0 saturated carbocycles. The van der Waals surface area contributed by atoms with Gasteiger partial charge in [-0.1, -0.05) is 15.9 Å². The molecule has 0 atom stereocenters. The Labute approximate surface area is 169 Å². The van der Waals surface area contributed by atoms with Crippen LogP contribution in [0.2, 0.25) is 0 Å². The van der Waals surface area contributed by atoms with E-state index in [-0.39, 0.29) is 11.6 Å². The van der Waals surface area contributed by atoms with Gasteiger partial charge in [0, 0.05) is 28.3 Å². The van der Waals surface area contributed by atoms with Crippen LogP contribution in [0.1, 0.15) is 49.5 Å². The van der Waals surface area contributed by atoms with Crippen molar-refractivity contribution in [1.82, 2.24) is 5.32 Å². The average molecular weight is 444 g/mol. The van der Waals surface area contributed by atoms with Crippen LogP contribution < -0.4 is 16.4 Å². The van der Waals surface area contributed by atoms with Crippen molar-refractivity contribution < 1.29 is 19.1 Å². The first-order valence-electron chi connectivity index (χ1n) is 8.91. The molecule has 1 fully saturated rings. The number of carbonyl (C=O) groups is 2. The summed E-state index contributed by atoms with van der Waals surface area (Å²) in [6.07, 6.45) is 2.12. The fourth-order valence-electron chi connectivity index (χ4n) is 2.61. The number of nitrogens with two attached hydrogens (primary N) is 1. The van der Waals surface area contributed by atoms with Gasteiger partial charge in [-0.25, -0.2) is 4.79 Å². The summed E-state index contributed by atoms with van der Waals surface area (Å²) < 4.78 is 10.2. The summed E-state index contributed by atoms with van der Waals surface area (Å²) in [5.74, 6) is -0.361. The average Bonchev–Trinajstić information content (AvgIpc) is 2.61. The Balaban J connectivity index is 0.000000445. The van der Waals surface area contributed by atoms with Crippen molar-refractivity contribution >= 4 is 34.1 Å². The molecule has 1 aliphatic rings. The van der Waals surface area contributed by atoms with E-state index in [1.54, 1.807) is 6.07 Å². The monoisotopic (exact) mass is 443 g/mol. The highest BCUT2D eigenvalue weighted by Gasteiger charge is 2.19. The molecule has 2 rings (SSSR count). The number of anilines is 1. The molecule has 1 aliphatic heterocycles. The summed E-state index contributed by atoms with van der Waals surface area (Å²) in [7, 11) is 1.38. The molecule has 0 radical (unpaired) electrons. The number of esters is 1. The molecule has 0 spiro atoms. The molecular weight excluding hydrogens is 414 g/mol. The Morgan fingerprint density at radius 3 is 2.44 bits per heavy atom. The van der Waals surface area contributed by atoms with Gasteiger partial charge in [-0.05, 0) is 58.8 Å². The predicted octanol–water partition coefficient (Wildman–Crippen LogP) is 2.82. The standard InChI is InChI=1S/C14H20BrN3O2.C5H10O2/c1-20-14(19)11-6-9(15)7-13(12(11)8-16)18-10-2-4-17-5-3-10;1-5(2,3)7-4-6/h6-7,10,17-18H,2-5,8,16H2,1H3;4H,1-3H3. The van der Waals surface area contributed by atoms with Gasteiger partial charge in [0.2, 0.25) is 0 Å². The van der Waals surface area contributed by atoms with E-state index in [1.165, 1.54) is 7.11 Å². The number of benzene rings is 1. The number of halogens is 1. The highest BCUT2D eigenvalue weighted by molar-refractivity contribution is 9.10. The fraction of sp³-hybridized carbons (Fsp3) is 0.579. The fourth-order valence-corrected chi connectivity index (χ4v) is 3.07. The third-order valence-electron chi connectivity index (χ3n) is 3.92. The van der Waals surface area contributed by atoms with Crippen LogP contribution >= 0.6 is 15.9 Å². The Kier molecular flexibility index (Phi) is 9.76. The SMILES string of the molecule is CC(C)(C)OC=O.COC(=O)c1cc(Br)cc(NC2CCNCC2)c1CN. The molecular formula is C19H30BrN3O4. The molecule has 7 nitrogen and oxygen atoms in total. The van der Waals surface area contributed by atoms with Crippen molar-refractivity contribution in [2.45, 2.75) is 51.8 Å². The summed E-state index contributed by atoms with van der Waals surface area (Å²) in [4.78, 5) is 21.5. The van der Waals surface area contributed by atoms with E-state index in [0.29, 0.717) is 24.6 Å². The van der Waals surface area contributed by atoms with Gasteiger partial charge < -0.3 is 25.8 Å². The molecule has 0 unspecified atom stereocenters. The molecule has 8 heteroatoms. The third kappa shape index (κ3) is 8.28. The van der Waals surface area contributed by atoms with E-state index >= 15 is 0 Å². The van der Waals surface area contributed by atoms with E-state index < -0.39 is 0 Å². The number of ether oxygens (including phenoxy) is 2. The van der Waals surface area contributed by atoms with Gasteiger partial charge in [0.25, 0.3) is 6.47 Å². The van der Waals surface area contributed by atoms with Crippen LogP contribution in [0.25, 0.3) is 0 Å². The van der Waals surface area contributed by atoms with Gasteiger partial charge in [0.05, 0.1) is 12.7 Å². The lowest BCUT2D eigenvalue weighted by molar-refractivity contribution is -0.138. The Morgan fingerprint density at radius 2 is 2.00 bits per heavy atom. The lowest BCUT2D eigenvalue weighted by Gasteiger charge is -2.26. The van der Waals surface area contributed by atoms with Gasteiger partial charge in [-0.3, -0.25) is 4.79 Å². The second kappa shape index (κ2) is 11.3. The van der Waals surface area contributed by atoms with Crippen molar-refractivity contribution in [1.29, 1.82) is 0 Å². The summed E-state index contributed by atoms with van der Waals surface area (Å²) >= 11 is 3.44. The second-order valence-corrected chi connectivity index (χ2v) is 8.09. The van der Waals surface area contributed by atoms with Crippen LogP contribution in [0.3, 0.4) is 0 Å². The number of rotatable bonds is 5. The molecule has 152 valence electrons. The minimum absolute atomic E-state index is 0.297. The zero-order valence-corrected chi connectivity index (χ0v) is 18.0. The van der Waals surface area contributed by atoms with Crippen LogP contribution in [0.4, 0.5) is 5.69 Å². The van der Waals surface area contributed by atoms with Gasteiger partial charge in [-0.15, -0.1) is 0 Å². The van der Waals surface area contributed by atoms with E-state index in [4.69, 9.17) is 10.5 Å². The lowest BCUT2D eigenvalue weighted by atomic mass is 10.0. The maximum atomic E-state index is 11.9. The first kappa shape index (κ1) is 23.4. The van der Waals surface area contributed by atoms with E-state index in [9.17, 15) is 9.59 Å². The summed E-state index contributed by atoms with van der Waals surface area (Å²) in [5, 5.41) is 6.83. The highest BCUT2D eigenvalue weighted by Crippen LogP contribution is 2.28. The first-order chi connectivity index (χ1) is 12.7. The van der Waals surface area contributed by atoms with Crippen LogP contribution in [0.15, 0.2) is 16.6 Å². The largest absolute Gasteiger partial charge is 0.465 e. The Hall–Kier alpha value is -1.64. The molecule has 27 heavy (non-hydrogen) atoms. The van der Waals surface area contributed by atoms with E-state index in [0.717, 1.165) is 41.7 Å². The number of nitrogens with one attached hydrogen (secondary N) is 2. The van der Waals surface area contributed by atoms with E-state index in [2.05, 4.69) is 31.3 Å². The topological polar surface area (TPSA) is 103 Å². The maximum absolute atomic E-state index is 11.9. The van der Waals surface area contributed by atoms with Crippen LogP contribution in [-0.4, -0.2) is 44.3 Å². The Bertz CT molecular complexity index is 626. The molecule has 1 heterocycles. The molecule has 4 N–H and O–H groups in total.